The minimum absolute atomic E-state index is 0.389. The lowest BCUT2D eigenvalue weighted by molar-refractivity contribution is 0.0847. The first-order chi connectivity index (χ1) is 13.2. The van der Waals surface area contributed by atoms with Crippen molar-refractivity contribution in [2.75, 3.05) is 0 Å². The SMILES string of the molecule is O=C(NNC(=O)c1ccc2ccccc2c1)c1ccc(-n2cnnn2)cc1. The number of nitrogens with one attached hydrogen (secondary N) is 2. The van der Waals surface area contributed by atoms with Crippen LogP contribution in [0, 0.1) is 0 Å². The second kappa shape index (κ2) is 7.04. The summed E-state index contributed by atoms with van der Waals surface area (Å²) in [4.78, 5) is 24.5. The van der Waals surface area contributed by atoms with Gasteiger partial charge in [-0.3, -0.25) is 20.4 Å². The number of carbonyl (C=O) groups excluding carboxylic acids is 2. The highest BCUT2D eigenvalue weighted by Crippen LogP contribution is 2.15. The lowest BCUT2D eigenvalue weighted by atomic mass is 10.1. The van der Waals surface area contributed by atoms with Crippen molar-refractivity contribution in [2.24, 2.45) is 0 Å². The van der Waals surface area contributed by atoms with E-state index in [2.05, 4.69) is 26.4 Å². The molecule has 132 valence electrons. The van der Waals surface area contributed by atoms with Gasteiger partial charge in [-0.05, 0) is 57.6 Å². The first-order valence-electron chi connectivity index (χ1n) is 8.14. The van der Waals surface area contributed by atoms with E-state index in [1.165, 1.54) is 11.0 Å². The minimum atomic E-state index is -0.424. The van der Waals surface area contributed by atoms with Crippen LogP contribution in [0.1, 0.15) is 20.7 Å². The van der Waals surface area contributed by atoms with Crippen LogP contribution in [-0.2, 0) is 0 Å². The number of hydrogen-bond donors (Lipinski definition) is 2. The third kappa shape index (κ3) is 3.49. The number of nitrogens with zero attached hydrogens (tertiary/aromatic N) is 4. The molecule has 0 spiro atoms. The lowest BCUT2D eigenvalue weighted by Crippen LogP contribution is -2.41. The van der Waals surface area contributed by atoms with Crippen molar-refractivity contribution in [2.45, 2.75) is 0 Å². The lowest BCUT2D eigenvalue weighted by Gasteiger charge is -2.08. The van der Waals surface area contributed by atoms with Gasteiger partial charge in [-0.1, -0.05) is 30.3 Å². The fraction of sp³-hybridized carbons (Fsp3) is 0. The number of amides is 2. The van der Waals surface area contributed by atoms with Crippen LogP contribution in [0.2, 0.25) is 0 Å². The van der Waals surface area contributed by atoms with Crippen molar-refractivity contribution in [3.63, 3.8) is 0 Å². The van der Waals surface area contributed by atoms with Crippen LogP contribution in [0.15, 0.2) is 73.1 Å². The van der Waals surface area contributed by atoms with Crippen LogP contribution in [0.5, 0.6) is 0 Å². The van der Waals surface area contributed by atoms with Gasteiger partial charge in [0.2, 0.25) is 0 Å². The summed E-state index contributed by atoms with van der Waals surface area (Å²) < 4.78 is 1.48. The second-order valence-corrected chi connectivity index (χ2v) is 5.77. The summed E-state index contributed by atoms with van der Waals surface area (Å²) in [6.07, 6.45) is 1.46. The molecule has 3 aromatic carbocycles. The molecule has 0 aliphatic rings. The molecule has 4 rings (SSSR count). The van der Waals surface area contributed by atoms with Crippen molar-refractivity contribution in [3.05, 3.63) is 84.2 Å². The monoisotopic (exact) mass is 358 g/mol. The van der Waals surface area contributed by atoms with Crippen molar-refractivity contribution in [1.29, 1.82) is 0 Å². The Morgan fingerprint density at radius 2 is 1.44 bits per heavy atom. The molecular formula is C19H14N6O2. The molecule has 1 heterocycles. The predicted octanol–water partition coefficient (Wildman–Crippen LogP) is 1.89. The molecule has 2 N–H and O–H groups in total. The molecule has 0 aliphatic heterocycles. The Balaban J connectivity index is 1.41. The number of hydrogen-bond acceptors (Lipinski definition) is 5. The van der Waals surface area contributed by atoms with Crippen LogP contribution in [0.4, 0.5) is 0 Å². The number of aromatic nitrogens is 4. The largest absolute Gasteiger partial charge is 0.269 e. The van der Waals surface area contributed by atoms with E-state index < -0.39 is 5.91 Å². The predicted molar refractivity (Wildman–Crippen MR) is 98.0 cm³/mol. The Morgan fingerprint density at radius 3 is 2.15 bits per heavy atom. The molecular weight excluding hydrogens is 344 g/mol. The zero-order valence-corrected chi connectivity index (χ0v) is 14.0. The third-order valence-corrected chi connectivity index (χ3v) is 4.04. The summed E-state index contributed by atoms with van der Waals surface area (Å²) in [6, 6.07) is 19.7. The van der Waals surface area contributed by atoms with E-state index in [9.17, 15) is 9.59 Å². The van der Waals surface area contributed by atoms with Crippen LogP contribution >= 0.6 is 0 Å². The highest BCUT2D eigenvalue weighted by atomic mass is 16.2. The van der Waals surface area contributed by atoms with Gasteiger partial charge in [0, 0.05) is 11.1 Å². The Morgan fingerprint density at radius 1 is 0.778 bits per heavy atom. The van der Waals surface area contributed by atoms with Crippen LogP contribution < -0.4 is 10.9 Å². The molecule has 1 aromatic heterocycles. The van der Waals surface area contributed by atoms with Crippen molar-refractivity contribution < 1.29 is 9.59 Å². The summed E-state index contributed by atoms with van der Waals surface area (Å²) in [5, 5.41) is 12.9. The van der Waals surface area contributed by atoms with Gasteiger partial charge in [0.1, 0.15) is 6.33 Å². The Kier molecular flexibility index (Phi) is 4.28. The molecule has 0 fully saturated rings. The summed E-state index contributed by atoms with van der Waals surface area (Å²) in [5.41, 5.74) is 6.42. The number of tetrazole rings is 1. The molecule has 27 heavy (non-hydrogen) atoms. The maximum absolute atomic E-state index is 12.3. The number of fused-ring (bicyclic) bond motifs is 1. The number of benzene rings is 3. The summed E-state index contributed by atoms with van der Waals surface area (Å²) in [5.74, 6) is -0.813. The van der Waals surface area contributed by atoms with E-state index >= 15 is 0 Å². The molecule has 8 heteroatoms. The maximum atomic E-state index is 12.3. The standard InChI is InChI=1S/C19H14N6O2/c26-18(14-7-9-17(10-8-14)25-12-20-23-24-25)21-22-19(27)16-6-5-13-3-1-2-4-15(13)11-16/h1-12H,(H,21,26)(H,22,27). The normalized spacial score (nSPS) is 10.5. The topological polar surface area (TPSA) is 102 Å². The first-order valence-corrected chi connectivity index (χ1v) is 8.14. The molecule has 0 bridgehead atoms. The van der Waals surface area contributed by atoms with E-state index in [1.54, 1.807) is 36.4 Å². The van der Waals surface area contributed by atoms with Crippen molar-refractivity contribution >= 4 is 22.6 Å². The van der Waals surface area contributed by atoms with Crippen molar-refractivity contribution in [1.82, 2.24) is 31.1 Å². The van der Waals surface area contributed by atoms with Gasteiger partial charge in [-0.25, -0.2) is 4.68 Å². The van der Waals surface area contributed by atoms with E-state index in [-0.39, 0.29) is 5.91 Å². The molecule has 8 nitrogen and oxygen atoms in total. The van der Waals surface area contributed by atoms with E-state index in [1.807, 2.05) is 30.3 Å². The van der Waals surface area contributed by atoms with Gasteiger partial charge >= 0.3 is 0 Å². The van der Waals surface area contributed by atoms with Gasteiger partial charge in [0.15, 0.2) is 0 Å². The van der Waals surface area contributed by atoms with Gasteiger partial charge in [-0.2, -0.15) is 0 Å². The van der Waals surface area contributed by atoms with E-state index in [4.69, 9.17) is 0 Å². The Bertz CT molecular complexity index is 1110. The van der Waals surface area contributed by atoms with Gasteiger partial charge < -0.3 is 0 Å². The number of rotatable bonds is 3. The molecule has 0 radical (unpaired) electrons. The highest BCUT2D eigenvalue weighted by molar-refractivity contribution is 6.01. The molecule has 4 aromatic rings. The zero-order chi connectivity index (χ0) is 18.6. The first kappa shape index (κ1) is 16.4. The molecule has 0 atom stereocenters. The fourth-order valence-electron chi connectivity index (χ4n) is 2.63. The number of carbonyl (C=O) groups is 2. The highest BCUT2D eigenvalue weighted by Gasteiger charge is 2.10. The summed E-state index contributed by atoms with van der Waals surface area (Å²) in [6.45, 7) is 0. The maximum Gasteiger partial charge on any atom is 0.269 e. The van der Waals surface area contributed by atoms with Gasteiger partial charge in [0.25, 0.3) is 11.8 Å². The Hall–Kier alpha value is -4.07. The smallest absolute Gasteiger partial charge is 0.267 e. The van der Waals surface area contributed by atoms with Crippen molar-refractivity contribution in [3.8, 4) is 5.69 Å². The minimum Gasteiger partial charge on any atom is -0.267 e. The molecule has 0 aliphatic carbocycles. The Labute approximate surface area is 153 Å². The van der Waals surface area contributed by atoms with E-state index in [0.717, 1.165) is 16.5 Å². The second-order valence-electron chi connectivity index (χ2n) is 5.77. The third-order valence-electron chi connectivity index (χ3n) is 4.04. The molecule has 0 saturated heterocycles. The number of hydrazine groups is 1. The summed E-state index contributed by atoms with van der Waals surface area (Å²) in [7, 11) is 0. The van der Waals surface area contributed by atoms with Crippen LogP contribution in [0.25, 0.3) is 16.5 Å². The van der Waals surface area contributed by atoms with E-state index in [0.29, 0.717) is 11.1 Å². The molecule has 0 saturated carbocycles. The van der Waals surface area contributed by atoms with Crippen LogP contribution in [-0.4, -0.2) is 32.0 Å². The van der Waals surface area contributed by atoms with Gasteiger partial charge in [-0.15, -0.1) is 5.10 Å². The molecule has 0 unspecified atom stereocenters. The average molecular weight is 358 g/mol. The molecule has 2 amide bonds. The van der Waals surface area contributed by atoms with Gasteiger partial charge in [0.05, 0.1) is 5.69 Å². The zero-order valence-electron chi connectivity index (χ0n) is 14.0. The quantitative estimate of drug-likeness (QED) is 0.545. The fourth-order valence-corrected chi connectivity index (χ4v) is 2.63. The van der Waals surface area contributed by atoms with Crippen LogP contribution in [0.3, 0.4) is 0 Å². The average Bonchev–Trinajstić information content (AvgIpc) is 3.26. The summed E-state index contributed by atoms with van der Waals surface area (Å²) >= 11 is 0.